The average molecular weight is 749 g/mol. The highest BCUT2D eigenvalue weighted by Gasteiger charge is 2.44. The van der Waals surface area contributed by atoms with Crippen molar-refractivity contribution in [3.8, 4) is 0 Å². The minimum atomic E-state index is -1.39. The lowest BCUT2D eigenvalue weighted by Crippen LogP contribution is -2.59. The largest absolute Gasteiger partial charge is 0.394 e. The molecule has 5 atom stereocenters. The second kappa shape index (κ2) is 36.4. The van der Waals surface area contributed by atoms with E-state index in [9.17, 15) is 20.4 Å². The Labute approximate surface area is 318 Å². The maximum atomic E-state index is 10.4. The van der Waals surface area contributed by atoms with Crippen LogP contribution in [0.1, 0.15) is 194 Å². The van der Waals surface area contributed by atoms with Crippen molar-refractivity contribution in [2.45, 2.75) is 224 Å². The molecule has 1 aliphatic heterocycles. The predicted octanol–water partition coefficient (Wildman–Crippen LogP) is 10.8. The lowest BCUT2D eigenvalue weighted by molar-refractivity contribution is -0.302. The Bertz CT molecular complexity index is 651. The van der Waals surface area contributed by atoms with Crippen molar-refractivity contribution in [3.05, 3.63) is 0 Å². The Morgan fingerprint density at radius 2 is 0.820 bits per heavy atom. The SMILES string of the molecule is CCCCCCCCCCCCCCCCSCC(CO[C@H]1O[C@H](CO)[C@H](O)[C@H](O)[C@H]1O)CSCCCCCCCCCCCCCCCC. The van der Waals surface area contributed by atoms with E-state index in [2.05, 4.69) is 13.8 Å². The van der Waals surface area contributed by atoms with Crippen LogP contribution in [0.25, 0.3) is 0 Å². The van der Waals surface area contributed by atoms with Crippen LogP contribution in [-0.2, 0) is 9.47 Å². The van der Waals surface area contributed by atoms with Gasteiger partial charge in [0, 0.05) is 5.92 Å². The minimum absolute atomic E-state index is 0.315. The van der Waals surface area contributed by atoms with E-state index >= 15 is 0 Å². The van der Waals surface area contributed by atoms with Crippen molar-refractivity contribution in [2.24, 2.45) is 5.92 Å². The number of ether oxygens (including phenoxy) is 2. The van der Waals surface area contributed by atoms with E-state index in [0.29, 0.717) is 12.5 Å². The Kier molecular flexibility index (Phi) is 35.3. The van der Waals surface area contributed by atoms with Crippen LogP contribution in [0.4, 0.5) is 0 Å². The maximum Gasteiger partial charge on any atom is 0.186 e. The van der Waals surface area contributed by atoms with Gasteiger partial charge in [-0.2, -0.15) is 23.5 Å². The summed E-state index contributed by atoms with van der Waals surface area (Å²) in [6.07, 6.45) is 32.6. The third kappa shape index (κ3) is 27.1. The molecule has 0 aromatic rings. The third-order valence-electron chi connectivity index (χ3n) is 10.3. The summed E-state index contributed by atoms with van der Waals surface area (Å²) in [5, 5.41) is 40.3. The topological polar surface area (TPSA) is 99.4 Å². The normalized spacial score (nSPS) is 21.1. The van der Waals surface area contributed by atoms with Crippen LogP contribution in [0.3, 0.4) is 0 Å². The van der Waals surface area contributed by atoms with E-state index in [1.807, 2.05) is 23.5 Å². The molecule has 1 fully saturated rings. The zero-order chi connectivity index (χ0) is 36.3. The summed E-state index contributed by atoms with van der Waals surface area (Å²) in [5.74, 6) is 4.65. The Morgan fingerprint density at radius 1 is 0.480 bits per heavy atom. The summed E-state index contributed by atoms with van der Waals surface area (Å²) in [6.45, 7) is 4.57. The molecule has 6 nitrogen and oxygen atoms in total. The molecule has 0 amide bonds. The van der Waals surface area contributed by atoms with Gasteiger partial charge in [0.25, 0.3) is 0 Å². The van der Waals surface area contributed by atoms with Crippen molar-refractivity contribution in [2.75, 3.05) is 36.2 Å². The first-order valence-corrected chi connectivity index (χ1v) is 23.9. The summed E-state index contributed by atoms with van der Waals surface area (Å²) in [7, 11) is 0. The zero-order valence-corrected chi connectivity index (χ0v) is 34.6. The van der Waals surface area contributed by atoms with Crippen LogP contribution >= 0.6 is 23.5 Å². The van der Waals surface area contributed by atoms with Gasteiger partial charge >= 0.3 is 0 Å². The first-order chi connectivity index (χ1) is 24.5. The number of aliphatic hydroxyl groups is 4. The molecule has 0 radical (unpaired) electrons. The lowest BCUT2D eigenvalue weighted by atomic mass is 9.99. The molecule has 0 unspecified atom stereocenters. The fraction of sp³-hybridized carbons (Fsp3) is 1.00. The second-order valence-electron chi connectivity index (χ2n) is 15.2. The molecule has 1 saturated heterocycles. The molecule has 0 spiro atoms. The Balaban J connectivity index is 2.19. The monoisotopic (exact) mass is 749 g/mol. The first kappa shape index (κ1) is 48.5. The molecule has 0 aromatic carbocycles. The van der Waals surface area contributed by atoms with Crippen LogP contribution < -0.4 is 0 Å². The molecule has 0 saturated carbocycles. The minimum Gasteiger partial charge on any atom is -0.394 e. The number of hydrogen-bond acceptors (Lipinski definition) is 8. The van der Waals surface area contributed by atoms with E-state index in [1.165, 1.54) is 180 Å². The average Bonchev–Trinajstić information content (AvgIpc) is 3.12. The molecule has 4 N–H and O–H groups in total. The second-order valence-corrected chi connectivity index (χ2v) is 17.5. The van der Waals surface area contributed by atoms with Crippen molar-refractivity contribution < 1.29 is 29.9 Å². The van der Waals surface area contributed by atoms with Gasteiger partial charge < -0.3 is 29.9 Å². The van der Waals surface area contributed by atoms with Gasteiger partial charge in [-0.25, -0.2) is 0 Å². The molecule has 1 aliphatic rings. The zero-order valence-electron chi connectivity index (χ0n) is 32.9. The van der Waals surface area contributed by atoms with E-state index in [4.69, 9.17) is 9.47 Å². The third-order valence-corrected chi connectivity index (χ3v) is 12.9. The van der Waals surface area contributed by atoms with Gasteiger partial charge in [0.05, 0.1) is 13.2 Å². The molecule has 1 heterocycles. The summed E-state index contributed by atoms with van der Waals surface area (Å²) >= 11 is 4.00. The molecule has 0 aromatic heterocycles. The number of aliphatic hydroxyl groups excluding tert-OH is 4. The maximum absolute atomic E-state index is 10.4. The molecule has 0 aliphatic carbocycles. The Hall–Kier alpha value is 0.460. The molecule has 50 heavy (non-hydrogen) atoms. The number of hydrogen-bond donors (Lipinski definition) is 4. The van der Waals surface area contributed by atoms with Crippen LogP contribution in [0.15, 0.2) is 0 Å². The molecule has 300 valence electrons. The quantitative estimate of drug-likeness (QED) is 0.0463. The standard InChI is InChI=1S/C42H84O6S2/c1-3-5-7-9-11-13-15-17-19-21-23-25-27-29-31-49-35-37(34-47-42-41(46)40(45)39(44)38(33-43)48-42)36-50-32-30-28-26-24-22-20-18-16-14-12-10-8-6-4-2/h37-46H,3-36H2,1-2H3/t38-,39+,40+,41-,42+/m1/s1. The van der Waals surface area contributed by atoms with E-state index in [1.54, 1.807) is 0 Å². The van der Waals surface area contributed by atoms with Gasteiger partial charge in [0.2, 0.25) is 0 Å². The summed E-state index contributed by atoms with van der Waals surface area (Å²) in [5.41, 5.74) is 0. The van der Waals surface area contributed by atoms with Gasteiger partial charge in [0.1, 0.15) is 24.4 Å². The molecule has 8 heteroatoms. The number of rotatable bonds is 38. The van der Waals surface area contributed by atoms with Crippen LogP contribution in [0, 0.1) is 5.92 Å². The van der Waals surface area contributed by atoms with Gasteiger partial charge in [-0.15, -0.1) is 0 Å². The van der Waals surface area contributed by atoms with E-state index < -0.39 is 37.3 Å². The first-order valence-electron chi connectivity index (χ1n) is 21.6. The highest BCUT2D eigenvalue weighted by atomic mass is 32.2. The number of unbranched alkanes of at least 4 members (excludes halogenated alkanes) is 26. The van der Waals surface area contributed by atoms with Gasteiger partial charge in [-0.1, -0.05) is 181 Å². The van der Waals surface area contributed by atoms with Gasteiger partial charge in [-0.05, 0) is 35.9 Å². The van der Waals surface area contributed by atoms with Crippen molar-refractivity contribution >= 4 is 23.5 Å². The van der Waals surface area contributed by atoms with Crippen LogP contribution in [-0.4, -0.2) is 87.4 Å². The van der Waals surface area contributed by atoms with Crippen molar-refractivity contribution in [1.29, 1.82) is 0 Å². The highest BCUT2D eigenvalue weighted by molar-refractivity contribution is 8.00. The highest BCUT2D eigenvalue weighted by Crippen LogP contribution is 2.25. The molecular weight excluding hydrogens is 665 g/mol. The van der Waals surface area contributed by atoms with Gasteiger partial charge in [0.15, 0.2) is 6.29 Å². The summed E-state index contributed by atoms with van der Waals surface area (Å²) < 4.78 is 11.6. The molecular formula is C42H84O6S2. The fourth-order valence-corrected chi connectivity index (χ4v) is 9.27. The predicted molar refractivity (Wildman–Crippen MR) is 218 cm³/mol. The molecule has 0 bridgehead atoms. The molecule has 1 rings (SSSR count). The van der Waals surface area contributed by atoms with Crippen molar-refractivity contribution in [1.82, 2.24) is 0 Å². The van der Waals surface area contributed by atoms with E-state index in [0.717, 1.165) is 23.0 Å². The summed E-state index contributed by atoms with van der Waals surface area (Å²) in [6, 6.07) is 0. The van der Waals surface area contributed by atoms with Crippen LogP contribution in [0.2, 0.25) is 0 Å². The van der Waals surface area contributed by atoms with E-state index in [-0.39, 0.29) is 0 Å². The Morgan fingerprint density at radius 3 is 1.16 bits per heavy atom. The lowest BCUT2D eigenvalue weighted by Gasteiger charge is -2.40. The fourth-order valence-electron chi connectivity index (χ4n) is 6.88. The number of thioether (sulfide) groups is 2. The smallest absolute Gasteiger partial charge is 0.186 e. The van der Waals surface area contributed by atoms with Gasteiger partial charge in [-0.3, -0.25) is 0 Å². The van der Waals surface area contributed by atoms with Crippen molar-refractivity contribution in [3.63, 3.8) is 0 Å². The summed E-state index contributed by atoms with van der Waals surface area (Å²) in [4.78, 5) is 0. The van der Waals surface area contributed by atoms with Crippen LogP contribution in [0.5, 0.6) is 0 Å².